The van der Waals surface area contributed by atoms with Crippen molar-refractivity contribution in [2.75, 3.05) is 28.1 Å². The normalized spacial score (nSPS) is 9.82. The molecule has 1 amide bonds. The third-order valence-electron chi connectivity index (χ3n) is 1.99. The van der Waals surface area contributed by atoms with Crippen LogP contribution < -0.4 is 15.0 Å². The minimum atomic E-state index is -0.386. The van der Waals surface area contributed by atoms with Gasteiger partial charge in [-0.3, -0.25) is 4.79 Å². The summed E-state index contributed by atoms with van der Waals surface area (Å²) in [7, 11) is 4.49. The molecule has 0 spiro atoms. The Morgan fingerprint density at radius 3 is 2.47 bits per heavy atom. The van der Waals surface area contributed by atoms with Crippen LogP contribution in [0.2, 0.25) is 0 Å². The smallest absolute Gasteiger partial charge is 0.275 e. The maximum Gasteiger partial charge on any atom is 0.275 e. The summed E-state index contributed by atoms with van der Waals surface area (Å²) in [6.45, 7) is -0.0149. The van der Waals surface area contributed by atoms with Crippen molar-refractivity contribution in [3.05, 3.63) is 23.8 Å². The van der Waals surface area contributed by atoms with E-state index in [9.17, 15) is 4.79 Å². The lowest BCUT2D eigenvalue weighted by Gasteiger charge is -2.09. The number of methoxy groups -OCH3 is 3. The average molecular weight is 241 g/mol. The van der Waals surface area contributed by atoms with Crippen LogP contribution in [0.1, 0.15) is 10.4 Å². The van der Waals surface area contributed by atoms with Crippen LogP contribution in [0.3, 0.4) is 0 Å². The first-order chi connectivity index (χ1) is 8.22. The number of rotatable bonds is 6. The van der Waals surface area contributed by atoms with Crippen LogP contribution in [-0.2, 0) is 9.57 Å². The summed E-state index contributed by atoms with van der Waals surface area (Å²) in [4.78, 5) is 16.3. The molecule has 0 bridgehead atoms. The molecule has 6 heteroatoms. The number of hydroxylamine groups is 1. The minimum absolute atomic E-state index is 0.0149. The molecule has 0 fully saturated rings. The first kappa shape index (κ1) is 13.3. The number of ether oxygens (including phenoxy) is 3. The molecule has 0 heterocycles. The summed E-state index contributed by atoms with van der Waals surface area (Å²) in [6.07, 6.45) is 0. The molecule has 0 aliphatic heterocycles. The summed E-state index contributed by atoms with van der Waals surface area (Å²) < 4.78 is 14.8. The molecular weight excluding hydrogens is 226 g/mol. The Hall–Kier alpha value is -1.79. The maximum absolute atomic E-state index is 11.6. The number of carbonyl (C=O) groups is 1. The Morgan fingerprint density at radius 2 is 1.88 bits per heavy atom. The van der Waals surface area contributed by atoms with Crippen molar-refractivity contribution < 1.29 is 23.8 Å². The standard InChI is InChI=1S/C11H15NO5/c1-14-7-17-12-11(13)8-4-5-9(15-2)10(6-8)16-3/h4-6H,7H2,1-3H3,(H,12,13). The Labute approximate surface area is 99.4 Å². The Bertz CT molecular complexity index is 380. The van der Waals surface area contributed by atoms with Crippen LogP contribution in [-0.4, -0.2) is 34.0 Å². The van der Waals surface area contributed by atoms with Gasteiger partial charge < -0.3 is 14.2 Å². The van der Waals surface area contributed by atoms with Crippen molar-refractivity contribution in [2.45, 2.75) is 0 Å². The molecule has 0 unspecified atom stereocenters. The van der Waals surface area contributed by atoms with Gasteiger partial charge in [-0.05, 0) is 18.2 Å². The van der Waals surface area contributed by atoms with E-state index in [1.807, 2.05) is 0 Å². The van der Waals surface area contributed by atoms with E-state index in [-0.39, 0.29) is 12.7 Å². The molecule has 0 radical (unpaired) electrons. The van der Waals surface area contributed by atoms with E-state index >= 15 is 0 Å². The second kappa shape index (κ2) is 6.72. The first-order valence-corrected chi connectivity index (χ1v) is 4.86. The van der Waals surface area contributed by atoms with Gasteiger partial charge in [0.25, 0.3) is 5.91 Å². The lowest BCUT2D eigenvalue weighted by atomic mass is 10.2. The Morgan fingerprint density at radius 1 is 1.18 bits per heavy atom. The van der Waals surface area contributed by atoms with E-state index < -0.39 is 0 Å². The summed E-state index contributed by atoms with van der Waals surface area (Å²) >= 11 is 0. The zero-order valence-corrected chi connectivity index (χ0v) is 9.98. The highest BCUT2D eigenvalue weighted by atomic mass is 16.8. The second-order valence-electron chi connectivity index (χ2n) is 3.05. The molecule has 0 aliphatic carbocycles. The van der Waals surface area contributed by atoms with Crippen LogP contribution in [0.25, 0.3) is 0 Å². The fraction of sp³-hybridized carbons (Fsp3) is 0.364. The zero-order chi connectivity index (χ0) is 12.7. The molecule has 1 N–H and O–H groups in total. The van der Waals surface area contributed by atoms with Crippen LogP contribution in [0.5, 0.6) is 11.5 Å². The van der Waals surface area contributed by atoms with Gasteiger partial charge in [0.15, 0.2) is 18.3 Å². The molecule has 1 aromatic rings. The van der Waals surface area contributed by atoms with E-state index in [1.54, 1.807) is 18.2 Å². The second-order valence-corrected chi connectivity index (χ2v) is 3.05. The largest absolute Gasteiger partial charge is 0.493 e. The highest BCUT2D eigenvalue weighted by Crippen LogP contribution is 2.27. The van der Waals surface area contributed by atoms with Crippen LogP contribution >= 0.6 is 0 Å². The van der Waals surface area contributed by atoms with Crippen molar-refractivity contribution in [3.63, 3.8) is 0 Å². The minimum Gasteiger partial charge on any atom is -0.493 e. The molecule has 0 saturated heterocycles. The third kappa shape index (κ3) is 3.61. The lowest BCUT2D eigenvalue weighted by Crippen LogP contribution is -2.24. The van der Waals surface area contributed by atoms with Crippen LogP contribution in [0, 0.1) is 0 Å². The SMILES string of the molecule is COCONC(=O)c1ccc(OC)c(OC)c1. The van der Waals surface area contributed by atoms with E-state index in [0.717, 1.165) is 0 Å². The third-order valence-corrected chi connectivity index (χ3v) is 1.99. The highest BCUT2D eigenvalue weighted by molar-refractivity contribution is 5.94. The molecular formula is C11H15NO5. The fourth-order valence-electron chi connectivity index (χ4n) is 1.19. The number of carbonyl (C=O) groups excluding carboxylic acids is 1. The van der Waals surface area contributed by atoms with Gasteiger partial charge in [0.2, 0.25) is 0 Å². The molecule has 0 saturated carbocycles. The van der Waals surface area contributed by atoms with Gasteiger partial charge in [-0.1, -0.05) is 0 Å². The number of hydrogen-bond acceptors (Lipinski definition) is 5. The number of nitrogens with one attached hydrogen (secondary N) is 1. The lowest BCUT2D eigenvalue weighted by molar-refractivity contribution is -0.0704. The van der Waals surface area contributed by atoms with Crippen molar-refractivity contribution in [2.24, 2.45) is 0 Å². The molecule has 0 atom stereocenters. The van der Waals surface area contributed by atoms with Gasteiger partial charge in [0.05, 0.1) is 14.2 Å². The summed E-state index contributed by atoms with van der Waals surface area (Å²) in [5, 5.41) is 0. The van der Waals surface area contributed by atoms with Gasteiger partial charge in [-0.2, -0.15) is 0 Å². The number of amides is 1. The Balaban J connectivity index is 2.74. The highest BCUT2D eigenvalue weighted by Gasteiger charge is 2.10. The quantitative estimate of drug-likeness (QED) is 0.456. The summed E-state index contributed by atoms with van der Waals surface area (Å²) in [5.41, 5.74) is 2.63. The van der Waals surface area contributed by atoms with Gasteiger partial charge in [-0.25, -0.2) is 10.3 Å². The Kier molecular flexibility index (Phi) is 5.25. The van der Waals surface area contributed by atoms with Crippen molar-refractivity contribution in [3.8, 4) is 11.5 Å². The van der Waals surface area contributed by atoms with Crippen LogP contribution in [0.15, 0.2) is 18.2 Å². The predicted octanol–water partition coefficient (Wildman–Crippen LogP) is 0.969. The number of hydrogen-bond donors (Lipinski definition) is 1. The molecule has 1 aromatic carbocycles. The van der Waals surface area contributed by atoms with Crippen molar-refractivity contribution in [1.82, 2.24) is 5.48 Å². The molecule has 1 rings (SSSR count). The van der Waals surface area contributed by atoms with Gasteiger partial charge in [0, 0.05) is 12.7 Å². The molecule has 6 nitrogen and oxygen atoms in total. The number of benzene rings is 1. The monoisotopic (exact) mass is 241 g/mol. The van der Waals surface area contributed by atoms with Gasteiger partial charge in [0.1, 0.15) is 0 Å². The first-order valence-electron chi connectivity index (χ1n) is 4.86. The van der Waals surface area contributed by atoms with E-state index in [4.69, 9.17) is 14.3 Å². The molecule has 17 heavy (non-hydrogen) atoms. The topological polar surface area (TPSA) is 66.0 Å². The van der Waals surface area contributed by atoms with E-state index in [1.165, 1.54) is 21.3 Å². The molecule has 94 valence electrons. The van der Waals surface area contributed by atoms with Crippen molar-refractivity contribution in [1.29, 1.82) is 0 Å². The fourth-order valence-corrected chi connectivity index (χ4v) is 1.19. The maximum atomic E-state index is 11.6. The zero-order valence-electron chi connectivity index (χ0n) is 9.98. The summed E-state index contributed by atoms with van der Waals surface area (Å²) in [5.74, 6) is 0.650. The van der Waals surface area contributed by atoms with E-state index in [0.29, 0.717) is 17.1 Å². The van der Waals surface area contributed by atoms with E-state index in [2.05, 4.69) is 10.2 Å². The van der Waals surface area contributed by atoms with Gasteiger partial charge in [-0.15, -0.1) is 0 Å². The van der Waals surface area contributed by atoms with Gasteiger partial charge >= 0.3 is 0 Å². The average Bonchev–Trinajstić information content (AvgIpc) is 2.38. The van der Waals surface area contributed by atoms with Crippen molar-refractivity contribution >= 4 is 5.91 Å². The summed E-state index contributed by atoms with van der Waals surface area (Å²) in [6, 6.07) is 4.81. The molecule has 0 aromatic heterocycles. The van der Waals surface area contributed by atoms with Crippen LogP contribution in [0.4, 0.5) is 0 Å². The molecule has 0 aliphatic rings. The predicted molar refractivity (Wildman–Crippen MR) is 60.0 cm³/mol.